The molecule has 0 unspecified atom stereocenters. The number of halogens is 3. The van der Waals surface area contributed by atoms with Gasteiger partial charge in [-0.2, -0.15) is 12.1 Å². The van der Waals surface area contributed by atoms with Crippen LogP contribution >= 0.6 is 15.9 Å². The summed E-state index contributed by atoms with van der Waals surface area (Å²) in [6, 6.07) is 8.48. The first-order chi connectivity index (χ1) is 9.88. The zero-order valence-corrected chi connectivity index (χ0v) is 20.3. The molecule has 1 aromatic carbocycles. The Morgan fingerprint density at radius 3 is 2.59 bits per heavy atom. The van der Waals surface area contributed by atoms with Crippen LogP contribution in [-0.2, 0) is 0 Å². The molecule has 0 aliphatic rings. The summed E-state index contributed by atoms with van der Waals surface area (Å²) in [5.74, 6) is -0.212. The molecule has 0 bridgehead atoms. The first-order valence-corrected chi connectivity index (χ1v) is 6.58. The van der Waals surface area contributed by atoms with Crippen LogP contribution in [0.1, 0.15) is 10.5 Å². The first-order valence-electron chi connectivity index (χ1n) is 5.79. The molecule has 0 radical (unpaired) electrons. The van der Waals surface area contributed by atoms with Crippen molar-refractivity contribution in [1.29, 1.82) is 0 Å². The summed E-state index contributed by atoms with van der Waals surface area (Å²) < 4.78 is 19.8. The van der Waals surface area contributed by atoms with Gasteiger partial charge in [0.15, 0.2) is 0 Å². The third-order valence-electron chi connectivity index (χ3n) is 2.42. The second-order valence-corrected chi connectivity index (χ2v) is 5.15. The molecule has 0 saturated heterocycles. The molecule has 1 heterocycles. The van der Waals surface area contributed by atoms with Gasteiger partial charge >= 0.3 is 68.9 Å². The van der Waals surface area contributed by atoms with Gasteiger partial charge < -0.3 is 24.4 Å². The molecule has 0 amide bonds. The normalized spacial score (nSPS) is 10.5. The SMILES string of the molecule is CN(C)/C=C(\N)C(=O)c1cc2c[c-]c(Br)cc2[nH]1.F[CH-]F.[Cs+]. The number of aromatic amines is 1. The molecule has 114 valence electrons. The number of ketones is 1. The molecule has 8 heteroatoms. The Morgan fingerprint density at radius 1 is 1.45 bits per heavy atom. The van der Waals surface area contributed by atoms with Crippen LogP contribution in [0.25, 0.3) is 10.9 Å². The van der Waals surface area contributed by atoms with E-state index in [1.807, 2.05) is 26.2 Å². The van der Waals surface area contributed by atoms with E-state index in [4.69, 9.17) is 5.73 Å². The maximum atomic E-state index is 12.1. The van der Waals surface area contributed by atoms with E-state index < -0.39 is 6.93 Å². The van der Waals surface area contributed by atoms with E-state index in [0.29, 0.717) is 5.69 Å². The number of Topliss-reactive ketones (excluding diaryl/α,β-unsaturated/α-hetero) is 1. The Morgan fingerprint density at radius 2 is 2.05 bits per heavy atom. The van der Waals surface area contributed by atoms with Crippen molar-refractivity contribution >= 4 is 32.6 Å². The number of allylic oxidation sites excluding steroid dienone is 1. The summed E-state index contributed by atoms with van der Waals surface area (Å²) in [6.07, 6.45) is 1.59. The van der Waals surface area contributed by atoms with Gasteiger partial charge in [-0.25, -0.2) is 0 Å². The predicted molar refractivity (Wildman–Crippen MR) is 81.6 cm³/mol. The van der Waals surface area contributed by atoms with Crippen LogP contribution in [0.5, 0.6) is 0 Å². The molecular formula is C14H14BrCsF2N3O-. The van der Waals surface area contributed by atoms with Crippen LogP contribution in [0.3, 0.4) is 0 Å². The number of H-pyrrole nitrogens is 1. The summed E-state index contributed by atoms with van der Waals surface area (Å²) in [5, 5.41) is 0.930. The molecule has 0 fully saturated rings. The van der Waals surface area contributed by atoms with Crippen LogP contribution in [0.2, 0.25) is 0 Å². The minimum atomic E-state index is -1.00. The fraction of sp³-hybridized carbons (Fsp3) is 0.143. The van der Waals surface area contributed by atoms with E-state index >= 15 is 0 Å². The van der Waals surface area contributed by atoms with Crippen molar-refractivity contribution in [2.24, 2.45) is 5.73 Å². The molecule has 22 heavy (non-hydrogen) atoms. The fourth-order valence-corrected chi connectivity index (χ4v) is 2.00. The maximum absolute atomic E-state index is 12.1. The number of nitrogens with zero attached hydrogens (tertiary/aromatic N) is 1. The molecule has 2 aromatic rings. The van der Waals surface area contributed by atoms with E-state index in [9.17, 15) is 13.6 Å². The summed E-state index contributed by atoms with van der Waals surface area (Å²) in [4.78, 5) is 16.8. The first kappa shape index (κ1) is 22.2. The fourth-order valence-electron chi connectivity index (χ4n) is 1.66. The number of nitrogens with one attached hydrogen (secondary N) is 1. The second kappa shape index (κ2) is 10.8. The second-order valence-electron chi connectivity index (χ2n) is 4.29. The van der Waals surface area contributed by atoms with Crippen molar-refractivity contribution < 1.29 is 82.5 Å². The number of hydrogen-bond donors (Lipinski definition) is 2. The molecule has 0 aliphatic carbocycles. The van der Waals surface area contributed by atoms with E-state index in [0.717, 1.165) is 15.4 Å². The minimum absolute atomic E-state index is 0. The molecular weight excluding hydrogens is 477 g/mol. The number of fused-ring (bicyclic) bond motifs is 1. The Balaban J connectivity index is 0.00000102. The number of carbonyl (C=O) groups is 1. The van der Waals surface area contributed by atoms with Crippen LogP contribution in [0, 0.1) is 13.0 Å². The number of hydrogen-bond acceptors (Lipinski definition) is 3. The Bertz CT molecular complexity index is 659. The van der Waals surface area contributed by atoms with Crippen LogP contribution < -0.4 is 74.6 Å². The van der Waals surface area contributed by atoms with Crippen molar-refractivity contribution in [3.05, 3.63) is 53.3 Å². The predicted octanol–water partition coefficient (Wildman–Crippen LogP) is 0.324. The molecule has 4 nitrogen and oxygen atoms in total. The molecule has 0 aliphatic heterocycles. The number of nitrogens with two attached hydrogens (primary N) is 1. The van der Waals surface area contributed by atoms with Gasteiger partial charge in [-0.1, -0.05) is 32.0 Å². The van der Waals surface area contributed by atoms with Gasteiger partial charge in [0.2, 0.25) is 5.78 Å². The standard InChI is InChI=1S/C13H13BrN3O.CHF2.Cs/c1-17(2)7-10(15)13(18)12-5-8-3-4-9(14)6-11(8)16-12;2-1-3;/h3,5-7,16H,15H2,1-2H3;1H;/q2*-1;+1/b10-7-;;. The van der Waals surface area contributed by atoms with E-state index in [1.54, 1.807) is 17.2 Å². The molecule has 0 saturated carbocycles. The van der Waals surface area contributed by atoms with Crippen LogP contribution in [0.15, 0.2) is 34.6 Å². The quantitative estimate of drug-likeness (QED) is 0.370. The van der Waals surface area contributed by atoms with Crippen LogP contribution in [0.4, 0.5) is 8.78 Å². The van der Waals surface area contributed by atoms with Gasteiger partial charge in [0.25, 0.3) is 0 Å². The number of rotatable bonds is 3. The zero-order valence-electron chi connectivity index (χ0n) is 12.5. The van der Waals surface area contributed by atoms with Gasteiger partial charge in [0, 0.05) is 20.3 Å². The number of carbonyl (C=O) groups excluding carboxylic acids is 1. The van der Waals surface area contributed by atoms with Crippen molar-refractivity contribution in [2.75, 3.05) is 14.1 Å². The average Bonchev–Trinajstić information content (AvgIpc) is 2.80. The van der Waals surface area contributed by atoms with Crippen molar-refractivity contribution in [2.45, 2.75) is 0 Å². The van der Waals surface area contributed by atoms with Crippen molar-refractivity contribution in [3.63, 3.8) is 0 Å². The van der Waals surface area contributed by atoms with Crippen molar-refractivity contribution in [3.8, 4) is 0 Å². The zero-order chi connectivity index (χ0) is 16.0. The molecule has 3 N–H and O–H groups in total. The topological polar surface area (TPSA) is 62.1 Å². The minimum Gasteiger partial charge on any atom is -0.425 e. The average molecular weight is 491 g/mol. The number of aromatic nitrogens is 1. The molecule has 2 rings (SSSR count). The van der Waals surface area contributed by atoms with Gasteiger partial charge in [0.05, 0.1) is 11.4 Å². The van der Waals surface area contributed by atoms with Gasteiger partial charge in [0.1, 0.15) is 0 Å². The van der Waals surface area contributed by atoms with E-state index in [-0.39, 0.29) is 80.4 Å². The Hall–Kier alpha value is 0.162. The molecule has 0 atom stereocenters. The van der Waals surface area contributed by atoms with Gasteiger partial charge in [-0.3, -0.25) is 4.79 Å². The van der Waals surface area contributed by atoms with Gasteiger partial charge in [-0.15, -0.1) is 11.5 Å². The molecule has 1 aromatic heterocycles. The van der Waals surface area contributed by atoms with E-state index in [2.05, 4.69) is 27.0 Å². The monoisotopic (exact) mass is 490 g/mol. The summed E-state index contributed by atoms with van der Waals surface area (Å²) in [6.45, 7) is -1.00. The van der Waals surface area contributed by atoms with Crippen molar-refractivity contribution in [1.82, 2.24) is 9.88 Å². The molecule has 0 spiro atoms. The largest absolute Gasteiger partial charge is 1.00 e. The third kappa shape index (κ3) is 6.73. The van der Waals surface area contributed by atoms with Crippen LogP contribution in [-0.4, -0.2) is 29.8 Å². The Labute approximate surface area is 195 Å². The summed E-state index contributed by atoms with van der Waals surface area (Å²) in [5.41, 5.74) is 7.29. The van der Waals surface area contributed by atoms with Gasteiger partial charge in [-0.05, 0) is 6.93 Å². The maximum Gasteiger partial charge on any atom is 1.00 e. The summed E-state index contributed by atoms with van der Waals surface area (Å²) >= 11 is 3.34. The van der Waals surface area contributed by atoms with E-state index in [1.165, 1.54) is 0 Å². The summed E-state index contributed by atoms with van der Waals surface area (Å²) in [7, 11) is 3.63. The smallest absolute Gasteiger partial charge is 0.425 e. The number of benzene rings is 1. The third-order valence-corrected chi connectivity index (χ3v) is 2.88. The Kier molecular flexibility index (Phi) is 10.9.